The maximum absolute atomic E-state index is 11.1. The highest BCUT2D eigenvalue weighted by atomic mass is 16.4. The van der Waals surface area contributed by atoms with Crippen molar-refractivity contribution in [2.24, 2.45) is 5.92 Å². The number of carboxylic acids is 1. The van der Waals surface area contributed by atoms with Crippen molar-refractivity contribution in [3.8, 4) is 0 Å². The molecule has 3 rings (SSSR count). The Bertz CT molecular complexity index is 621. The molecule has 0 aliphatic heterocycles. The molecule has 1 fully saturated rings. The fourth-order valence-corrected chi connectivity index (χ4v) is 2.99. The van der Waals surface area contributed by atoms with Crippen LogP contribution in [0, 0.1) is 5.92 Å². The van der Waals surface area contributed by atoms with Crippen LogP contribution in [-0.2, 0) is 4.79 Å². The van der Waals surface area contributed by atoms with Gasteiger partial charge in [0.1, 0.15) is 0 Å². The highest BCUT2D eigenvalue weighted by Crippen LogP contribution is 2.29. The Balaban J connectivity index is 1.81. The number of hydrogen-bond donors (Lipinski definition) is 2. The lowest BCUT2D eigenvalue weighted by Crippen LogP contribution is -2.31. The van der Waals surface area contributed by atoms with Gasteiger partial charge in [-0.25, -0.2) is 0 Å². The molecule has 4 heteroatoms. The van der Waals surface area contributed by atoms with E-state index in [0.717, 1.165) is 35.9 Å². The number of aromatic nitrogens is 1. The molecule has 4 nitrogen and oxygen atoms in total. The summed E-state index contributed by atoms with van der Waals surface area (Å²) in [5.74, 6) is -0.884. The van der Waals surface area contributed by atoms with Crippen LogP contribution in [0.15, 0.2) is 36.5 Å². The second-order valence-corrected chi connectivity index (χ2v) is 5.42. The van der Waals surface area contributed by atoms with E-state index in [0.29, 0.717) is 6.42 Å². The number of fused-ring (bicyclic) bond motifs is 1. The van der Waals surface area contributed by atoms with Gasteiger partial charge in [0.15, 0.2) is 0 Å². The lowest BCUT2D eigenvalue weighted by molar-refractivity contribution is -0.142. The molecule has 0 amide bonds. The fourth-order valence-electron chi connectivity index (χ4n) is 2.99. The van der Waals surface area contributed by atoms with Crippen LogP contribution in [-0.4, -0.2) is 22.1 Å². The topological polar surface area (TPSA) is 62.2 Å². The molecule has 1 aliphatic carbocycles. The molecule has 104 valence electrons. The smallest absolute Gasteiger partial charge is 0.306 e. The number of anilines is 1. The van der Waals surface area contributed by atoms with Crippen LogP contribution in [0.5, 0.6) is 0 Å². The van der Waals surface area contributed by atoms with Crippen LogP contribution < -0.4 is 5.32 Å². The molecule has 2 aromatic rings. The molecular weight excluding hydrogens is 252 g/mol. The minimum absolute atomic E-state index is 0.214. The van der Waals surface area contributed by atoms with E-state index < -0.39 is 5.97 Å². The minimum Gasteiger partial charge on any atom is -0.481 e. The highest BCUT2D eigenvalue weighted by molar-refractivity contribution is 5.91. The first-order chi connectivity index (χ1) is 9.74. The Morgan fingerprint density at radius 2 is 2.10 bits per heavy atom. The van der Waals surface area contributed by atoms with E-state index in [4.69, 9.17) is 5.11 Å². The van der Waals surface area contributed by atoms with Gasteiger partial charge in [0, 0.05) is 23.3 Å². The van der Waals surface area contributed by atoms with Gasteiger partial charge in [0.25, 0.3) is 0 Å². The van der Waals surface area contributed by atoms with Crippen molar-refractivity contribution in [2.45, 2.75) is 31.7 Å². The van der Waals surface area contributed by atoms with E-state index in [1.807, 2.05) is 30.3 Å². The molecule has 0 spiro atoms. The summed E-state index contributed by atoms with van der Waals surface area (Å²) >= 11 is 0. The van der Waals surface area contributed by atoms with Gasteiger partial charge >= 0.3 is 5.97 Å². The predicted octanol–water partition coefficient (Wildman–Crippen LogP) is 3.29. The summed E-state index contributed by atoms with van der Waals surface area (Å²) in [6.45, 7) is 0. The Kier molecular flexibility index (Phi) is 3.54. The molecule has 2 N–H and O–H groups in total. The van der Waals surface area contributed by atoms with Crippen molar-refractivity contribution >= 4 is 22.6 Å². The zero-order valence-corrected chi connectivity index (χ0v) is 11.2. The number of rotatable bonds is 3. The Labute approximate surface area is 117 Å². The Morgan fingerprint density at radius 3 is 2.95 bits per heavy atom. The normalized spacial score (nSPS) is 22.6. The zero-order chi connectivity index (χ0) is 13.9. The van der Waals surface area contributed by atoms with Gasteiger partial charge in [-0.05, 0) is 31.4 Å². The van der Waals surface area contributed by atoms with Gasteiger partial charge in [0.05, 0.1) is 11.4 Å². The maximum atomic E-state index is 11.1. The summed E-state index contributed by atoms with van der Waals surface area (Å²) in [6.07, 6.45) is 5.29. The van der Waals surface area contributed by atoms with Crippen molar-refractivity contribution in [3.63, 3.8) is 0 Å². The van der Waals surface area contributed by atoms with Crippen LogP contribution >= 0.6 is 0 Å². The van der Waals surface area contributed by atoms with Crippen LogP contribution in [0.4, 0.5) is 5.69 Å². The summed E-state index contributed by atoms with van der Waals surface area (Å²) in [6, 6.07) is 10.2. The molecule has 20 heavy (non-hydrogen) atoms. The Morgan fingerprint density at radius 1 is 1.25 bits per heavy atom. The average Bonchev–Trinajstić information content (AvgIpc) is 2.48. The molecule has 0 saturated heterocycles. The van der Waals surface area contributed by atoms with E-state index in [-0.39, 0.29) is 12.0 Å². The lowest BCUT2D eigenvalue weighted by Gasteiger charge is -2.28. The molecule has 2 unspecified atom stereocenters. The molecule has 1 aromatic heterocycles. The number of benzene rings is 1. The zero-order valence-electron chi connectivity index (χ0n) is 11.2. The monoisotopic (exact) mass is 270 g/mol. The summed E-state index contributed by atoms with van der Waals surface area (Å²) in [5.41, 5.74) is 2.01. The highest BCUT2D eigenvalue weighted by Gasteiger charge is 2.26. The van der Waals surface area contributed by atoms with E-state index in [9.17, 15) is 4.79 Å². The first kappa shape index (κ1) is 12.9. The number of para-hydroxylation sites is 1. The second-order valence-electron chi connectivity index (χ2n) is 5.42. The predicted molar refractivity (Wildman–Crippen MR) is 78.7 cm³/mol. The standard InChI is InChI=1S/C16H18N2O2/c19-16(20)11-4-3-5-12(10-11)18-15-8-9-17-14-7-2-1-6-13(14)15/h1-2,6-9,11-12H,3-5,10H2,(H,17,18)(H,19,20). The lowest BCUT2D eigenvalue weighted by atomic mass is 9.85. The average molecular weight is 270 g/mol. The molecule has 1 heterocycles. The van der Waals surface area contributed by atoms with Crippen molar-refractivity contribution in [3.05, 3.63) is 36.5 Å². The molecular formula is C16H18N2O2. The number of carbonyl (C=O) groups is 1. The van der Waals surface area contributed by atoms with Gasteiger partial charge in [0.2, 0.25) is 0 Å². The third-order valence-corrected chi connectivity index (χ3v) is 4.03. The van der Waals surface area contributed by atoms with Gasteiger partial charge in [-0.2, -0.15) is 0 Å². The number of nitrogens with zero attached hydrogens (tertiary/aromatic N) is 1. The van der Waals surface area contributed by atoms with E-state index in [2.05, 4.69) is 10.3 Å². The van der Waals surface area contributed by atoms with E-state index >= 15 is 0 Å². The van der Waals surface area contributed by atoms with Gasteiger partial charge in [-0.1, -0.05) is 24.6 Å². The number of pyridine rings is 1. The van der Waals surface area contributed by atoms with Crippen LogP contribution in [0.25, 0.3) is 10.9 Å². The number of aliphatic carboxylic acids is 1. The maximum Gasteiger partial charge on any atom is 0.306 e. The summed E-state index contributed by atoms with van der Waals surface area (Å²) in [5, 5.41) is 13.8. The van der Waals surface area contributed by atoms with E-state index in [1.54, 1.807) is 6.20 Å². The van der Waals surface area contributed by atoms with Crippen molar-refractivity contribution in [1.29, 1.82) is 0 Å². The summed E-state index contributed by atoms with van der Waals surface area (Å²) in [7, 11) is 0. The van der Waals surface area contributed by atoms with E-state index in [1.165, 1.54) is 0 Å². The molecule has 2 atom stereocenters. The van der Waals surface area contributed by atoms with Crippen molar-refractivity contribution in [2.75, 3.05) is 5.32 Å². The summed E-state index contributed by atoms with van der Waals surface area (Å²) < 4.78 is 0. The van der Waals surface area contributed by atoms with Crippen LogP contribution in [0.3, 0.4) is 0 Å². The number of nitrogens with one attached hydrogen (secondary N) is 1. The third-order valence-electron chi connectivity index (χ3n) is 4.03. The fraction of sp³-hybridized carbons (Fsp3) is 0.375. The molecule has 1 saturated carbocycles. The molecule has 1 aliphatic rings. The minimum atomic E-state index is -0.670. The van der Waals surface area contributed by atoms with Gasteiger partial charge in [-0.3, -0.25) is 9.78 Å². The largest absolute Gasteiger partial charge is 0.481 e. The Hall–Kier alpha value is -2.10. The molecule has 0 bridgehead atoms. The second kappa shape index (κ2) is 5.49. The number of carboxylic acid groups (broad SMARTS) is 1. The van der Waals surface area contributed by atoms with Gasteiger partial charge < -0.3 is 10.4 Å². The van der Waals surface area contributed by atoms with Crippen LogP contribution in [0.2, 0.25) is 0 Å². The van der Waals surface area contributed by atoms with Crippen molar-refractivity contribution in [1.82, 2.24) is 4.98 Å². The van der Waals surface area contributed by atoms with Crippen molar-refractivity contribution < 1.29 is 9.90 Å². The molecule has 1 aromatic carbocycles. The van der Waals surface area contributed by atoms with Crippen LogP contribution in [0.1, 0.15) is 25.7 Å². The quantitative estimate of drug-likeness (QED) is 0.898. The number of hydrogen-bond acceptors (Lipinski definition) is 3. The molecule has 0 radical (unpaired) electrons. The SMILES string of the molecule is O=C(O)C1CCCC(Nc2ccnc3ccccc23)C1. The first-order valence-electron chi connectivity index (χ1n) is 7.07. The van der Waals surface area contributed by atoms with Gasteiger partial charge in [-0.15, -0.1) is 0 Å². The summed E-state index contributed by atoms with van der Waals surface area (Å²) in [4.78, 5) is 15.5. The first-order valence-corrected chi connectivity index (χ1v) is 7.07. The third kappa shape index (κ3) is 2.59.